The molecule has 4 rings (SSSR count). The number of hydrogen-bond acceptors (Lipinski definition) is 5. The first kappa shape index (κ1) is 16.9. The van der Waals surface area contributed by atoms with Gasteiger partial charge in [-0.3, -0.25) is 4.79 Å². The number of nitrogens with zero attached hydrogens (tertiary/aromatic N) is 4. The van der Waals surface area contributed by atoms with Gasteiger partial charge in [0.15, 0.2) is 0 Å². The molecular weight excluding hydrogens is 347 g/mol. The van der Waals surface area contributed by atoms with Crippen LogP contribution in [0.5, 0.6) is 0 Å². The number of nitrogens with one attached hydrogen (secondary N) is 2. The summed E-state index contributed by atoms with van der Waals surface area (Å²) in [4.78, 5) is 13.1. The van der Waals surface area contributed by atoms with Crippen LogP contribution in [0.2, 0.25) is 0 Å². The zero-order valence-electron chi connectivity index (χ0n) is 14.8. The van der Waals surface area contributed by atoms with E-state index < -0.39 is 11.9 Å². The molecule has 3 aromatic rings. The minimum atomic E-state index is -0.775. The molecule has 2 N–H and O–H groups in total. The van der Waals surface area contributed by atoms with Crippen molar-refractivity contribution in [2.45, 2.75) is 19.9 Å². The minimum absolute atomic E-state index is 0.320. The molecule has 0 aliphatic carbocycles. The second-order valence-electron chi connectivity index (χ2n) is 6.35. The van der Waals surface area contributed by atoms with Gasteiger partial charge in [0.05, 0.1) is 5.57 Å². The van der Waals surface area contributed by atoms with E-state index in [-0.39, 0.29) is 5.91 Å². The van der Waals surface area contributed by atoms with Crippen LogP contribution in [0.25, 0.3) is 0 Å². The van der Waals surface area contributed by atoms with Crippen molar-refractivity contribution in [1.82, 2.24) is 20.2 Å². The van der Waals surface area contributed by atoms with Crippen LogP contribution >= 0.6 is 0 Å². The quantitative estimate of drug-likeness (QED) is 0.746. The lowest BCUT2D eigenvalue weighted by molar-refractivity contribution is -0.113. The number of rotatable bonds is 3. The van der Waals surface area contributed by atoms with Gasteiger partial charge in [-0.25, -0.2) is 4.39 Å². The highest BCUT2D eigenvalue weighted by molar-refractivity contribution is 6.06. The van der Waals surface area contributed by atoms with Crippen molar-refractivity contribution >= 4 is 17.5 Å². The lowest BCUT2D eigenvalue weighted by Gasteiger charge is -2.28. The molecule has 7 nitrogen and oxygen atoms in total. The predicted molar refractivity (Wildman–Crippen MR) is 98.5 cm³/mol. The van der Waals surface area contributed by atoms with Gasteiger partial charge in [0.25, 0.3) is 5.91 Å². The molecule has 27 heavy (non-hydrogen) atoms. The van der Waals surface area contributed by atoms with Crippen LogP contribution in [-0.4, -0.2) is 26.1 Å². The number of carbonyl (C=O) groups excluding carboxylic acids is 1. The standard InChI is InChI=1S/C19H17FN6O/c1-11-7-9-13(10-8-11)22-18(27)16-12(2)21-19-23-24-25-26(19)17(16)14-5-3-4-6-15(14)20/h3-10,17H,1-2H3,(H,22,27)(H,21,23,25). The lowest BCUT2D eigenvalue weighted by atomic mass is 9.94. The Kier molecular flexibility index (Phi) is 4.15. The van der Waals surface area contributed by atoms with Crippen LogP contribution in [-0.2, 0) is 4.79 Å². The van der Waals surface area contributed by atoms with Crippen molar-refractivity contribution < 1.29 is 9.18 Å². The summed E-state index contributed by atoms with van der Waals surface area (Å²) in [6.45, 7) is 3.72. The zero-order valence-corrected chi connectivity index (χ0v) is 14.8. The summed E-state index contributed by atoms with van der Waals surface area (Å²) in [5, 5.41) is 17.4. The molecule has 0 spiro atoms. The Labute approximate surface area is 154 Å². The smallest absolute Gasteiger partial charge is 0.255 e. The Morgan fingerprint density at radius 2 is 1.89 bits per heavy atom. The number of benzene rings is 2. The van der Waals surface area contributed by atoms with Gasteiger partial charge in [-0.15, -0.1) is 0 Å². The molecule has 8 heteroatoms. The van der Waals surface area contributed by atoms with Crippen molar-refractivity contribution in [3.63, 3.8) is 0 Å². The van der Waals surface area contributed by atoms with E-state index in [2.05, 4.69) is 26.2 Å². The number of allylic oxidation sites excluding steroid dienone is 1. The fourth-order valence-corrected chi connectivity index (χ4v) is 3.13. The monoisotopic (exact) mass is 364 g/mol. The van der Waals surface area contributed by atoms with Gasteiger partial charge < -0.3 is 10.6 Å². The molecule has 0 saturated carbocycles. The van der Waals surface area contributed by atoms with E-state index >= 15 is 0 Å². The van der Waals surface area contributed by atoms with Gasteiger partial charge >= 0.3 is 0 Å². The molecule has 0 bridgehead atoms. The Morgan fingerprint density at radius 1 is 1.15 bits per heavy atom. The Morgan fingerprint density at radius 3 is 2.63 bits per heavy atom. The average molecular weight is 364 g/mol. The van der Waals surface area contributed by atoms with E-state index in [0.717, 1.165) is 5.56 Å². The number of fused-ring (bicyclic) bond motifs is 1. The number of carbonyl (C=O) groups is 1. The lowest BCUT2D eigenvalue weighted by Crippen LogP contribution is -2.32. The summed E-state index contributed by atoms with van der Waals surface area (Å²) in [7, 11) is 0. The number of amides is 1. The summed E-state index contributed by atoms with van der Waals surface area (Å²) in [6.07, 6.45) is 0. The molecule has 2 aromatic carbocycles. The topological polar surface area (TPSA) is 84.7 Å². The van der Waals surface area contributed by atoms with E-state index in [1.807, 2.05) is 31.2 Å². The third-order valence-electron chi connectivity index (χ3n) is 4.47. The van der Waals surface area contributed by atoms with Crippen molar-refractivity contribution in [3.8, 4) is 0 Å². The summed E-state index contributed by atoms with van der Waals surface area (Å²) < 4.78 is 16.0. The number of anilines is 2. The van der Waals surface area contributed by atoms with Gasteiger partial charge in [-0.1, -0.05) is 41.0 Å². The molecule has 2 heterocycles. The normalized spacial score (nSPS) is 15.9. The van der Waals surface area contributed by atoms with Crippen LogP contribution in [0.4, 0.5) is 16.0 Å². The Balaban J connectivity index is 1.77. The fraction of sp³-hybridized carbons (Fsp3) is 0.158. The van der Waals surface area contributed by atoms with E-state index in [4.69, 9.17) is 0 Å². The van der Waals surface area contributed by atoms with Crippen LogP contribution < -0.4 is 10.6 Å². The number of aryl methyl sites for hydroxylation is 1. The first-order chi connectivity index (χ1) is 13.0. The van der Waals surface area contributed by atoms with Crippen LogP contribution in [0.3, 0.4) is 0 Å². The highest BCUT2D eigenvalue weighted by atomic mass is 19.1. The Bertz CT molecular complexity index is 1040. The number of tetrazole rings is 1. The van der Waals surface area contributed by atoms with Crippen molar-refractivity contribution in [3.05, 3.63) is 76.7 Å². The highest BCUT2D eigenvalue weighted by Crippen LogP contribution is 2.35. The zero-order chi connectivity index (χ0) is 19.0. The van der Waals surface area contributed by atoms with E-state index in [1.165, 1.54) is 10.7 Å². The number of aromatic nitrogens is 4. The van der Waals surface area contributed by atoms with E-state index in [1.54, 1.807) is 25.1 Å². The molecule has 0 radical (unpaired) electrons. The molecule has 0 fully saturated rings. The summed E-state index contributed by atoms with van der Waals surface area (Å²) in [5.74, 6) is -0.426. The van der Waals surface area contributed by atoms with E-state index in [0.29, 0.717) is 28.5 Å². The second-order valence-corrected chi connectivity index (χ2v) is 6.35. The Hall–Kier alpha value is -3.55. The molecule has 0 saturated heterocycles. The maximum atomic E-state index is 14.6. The molecule has 1 atom stereocenters. The van der Waals surface area contributed by atoms with Gasteiger partial charge in [0.1, 0.15) is 11.9 Å². The van der Waals surface area contributed by atoms with Gasteiger partial charge in [0.2, 0.25) is 5.95 Å². The molecular formula is C19H17FN6O. The number of halogens is 1. The van der Waals surface area contributed by atoms with Gasteiger partial charge in [0, 0.05) is 16.9 Å². The molecule has 1 amide bonds. The van der Waals surface area contributed by atoms with Gasteiger partial charge in [-0.05, 0) is 42.5 Å². The van der Waals surface area contributed by atoms with Gasteiger partial charge in [-0.2, -0.15) is 4.68 Å². The van der Waals surface area contributed by atoms with Crippen molar-refractivity contribution in [1.29, 1.82) is 0 Å². The molecule has 1 aliphatic heterocycles. The SMILES string of the molecule is CC1=C(C(=O)Nc2ccc(C)cc2)C(c2ccccc2F)n2nnnc2N1. The van der Waals surface area contributed by atoms with Crippen molar-refractivity contribution in [2.75, 3.05) is 10.6 Å². The first-order valence-electron chi connectivity index (χ1n) is 8.42. The molecule has 1 aliphatic rings. The average Bonchev–Trinajstić information content (AvgIpc) is 3.11. The highest BCUT2D eigenvalue weighted by Gasteiger charge is 2.35. The molecule has 136 valence electrons. The van der Waals surface area contributed by atoms with Crippen LogP contribution in [0, 0.1) is 12.7 Å². The third-order valence-corrected chi connectivity index (χ3v) is 4.47. The minimum Gasteiger partial charge on any atom is -0.326 e. The van der Waals surface area contributed by atoms with E-state index in [9.17, 15) is 9.18 Å². The second kappa shape index (κ2) is 6.64. The van der Waals surface area contributed by atoms with Crippen LogP contribution in [0.15, 0.2) is 59.8 Å². The summed E-state index contributed by atoms with van der Waals surface area (Å²) >= 11 is 0. The third kappa shape index (κ3) is 3.05. The van der Waals surface area contributed by atoms with Crippen LogP contribution in [0.1, 0.15) is 24.1 Å². The first-order valence-corrected chi connectivity index (χ1v) is 8.42. The fourth-order valence-electron chi connectivity index (χ4n) is 3.13. The van der Waals surface area contributed by atoms with Crippen molar-refractivity contribution in [2.24, 2.45) is 0 Å². The maximum Gasteiger partial charge on any atom is 0.255 e. The predicted octanol–water partition coefficient (Wildman–Crippen LogP) is 3.05. The number of hydrogen-bond donors (Lipinski definition) is 2. The molecule has 1 aromatic heterocycles. The summed E-state index contributed by atoms with van der Waals surface area (Å²) in [6, 6.07) is 13.0. The molecule has 1 unspecified atom stereocenters. The maximum absolute atomic E-state index is 14.6. The largest absolute Gasteiger partial charge is 0.326 e. The summed E-state index contributed by atoms with van der Waals surface area (Å²) in [5.41, 5.74) is 2.97.